The van der Waals surface area contributed by atoms with Crippen LogP contribution in [0.2, 0.25) is 0 Å². The van der Waals surface area contributed by atoms with Crippen LogP contribution < -0.4 is 5.32 Å². The molecule has 0 spiro atoms. The van der Waals surface area contributed by atoms with Gasteiger partial charge in [0.25, 0.3) is 0 Å². The quantitative estimate of drug-likeness (QED) is 0.861. The first-order chi connectivity index (χ1) is 11.0. The summed E-state index contributed by atoms with van der Waals surface area (Å²) in [5.41, 5.74) is 0. The Kier molecular flexibility index (Phi) is 6.88. The molecule has 2 atom stereocenters. The van der Waals surface area contributed by atoms with E-state index >= 15 is 0 Å². The molecule has 23 heavy (non-hydrogen) atoms. The van der Waals surface area contributed by atoms with Gasteiger partial charge in [0.15, 0.2) is 0 Å². The van der Waals surface area contributed by atoms with Crippen LogP contribution in [0, 0.1) is 5.92 Å². The van der Waals surface area contributed by atoms with Gasteiger partial charge in [-0.05, 0) is 53.0 Å². The highest BCUT2D eigenvalue weighted by atomic mass is 16.2. The van der Waals surface area contributed by atoms with Crippen molar-refractivity contribution >= 4 is 11.8 Å². The molecule has 2 aliphatic heterocycles. The van der Waals surface area contributed by atoms with Gasteiger partial charge in [-0.3, -0.25) is 14.5 Å². The summed E-state index contributed by atoms with van der Waals surface area (Å²) in [6.45, 7) is 9.38. The minimum absolute atomic E-state index is 0.0659. The Hall–Kier alpha value is -1.10. The Labute approximate surface area is 140 Å². The van der Waals surface area contributed by atoms with E-state index in [4.69, 9.17) is 0 Å². The van der Waals surface area contributed by atoms with Gasteiger partial charge < -0.3 is 10.2 Å². The van der Waals surface area contributed by atoms with Crippen molar-refractivity contribution in [2.24, 2.45) is 5.92 Å². The van der Waals surface area contributed by atoms with E-state index in [0.29, 0.717) is 5.91 Å². The van der Waals surface area contributed by atoms with Crippen molar-refractivity contribution in [1.29, 1.82) is 0 Å². The summed E-state index contributed by atoms with van der Waals surface area (Å²) in [6, 6.07) is 0.00130. The molecule has 0 saturated carbocycles. The van der Waals surface area contributed by atoms with Crippen LogP contribution in [0.15, 0.2) is 0 Å². The third-order valence-electron chi connectivity index (χ3n) is 5.08. The number of nitrogens with one attached hydrogen (secondary N) is 1. The van der Waals surface area contributed by atoms with E-state index in [1.807, 2.05) is 20.8 Å². The van der Waals surface area contributed by atoms with Crippen LogP contribution in [-0.2, 0) is 9.59 Å². The first-order valence-corrected chi connectivity index (χ1v) is 9.32. The van der Waals surface area contributed by atoms with E-state index in [1.54, 1.807) is 0 Å². The fraction of sp³-hybridized carbons (Fsp3) is 0.889. The highest BCUT2D eigenvalue weighted by Gasteiger charge is 2.33. The van der Waals surface area contributed by atoms with Crippen LogP contribution in [0.1, 0.15) is 59.3 Å². The number of nitrogens with zero attached hydrogens (tertiary/aromatic N) is 2. The number of amides is 2. The second-order valence-corrected chi connectivity index (χ2v) is 7.41. The maximum Gasteiger partial charge on any atom is 0.237 e. The van der Waals surface area contributed by atoms with Gasteiger partial charge in [-0.15, -0.1) is 0 Å². The van der Waals surface area contributed by atoms with Crippen molar-refractivity contribution in [3.05, 3.63) is 0 Å². The van der Waals surface area contributed by atoms with Crippen LogP contribution in [0.4, 0.5) is 0 Å². The highest BCUT2D eigenvalue weighted by molar-refractivity contribution is 5.82. The predicted octanol–water partition coefficient (Wildman–Crippen LogP) is 2.01. The fourth-order valence-electron chi connectivity index (χ4n) is 3.68. The number of hydrogen-bond acceptors (Lipinski definition) is 3. The van der Waals surface area contributed by atoms with Crippen LogP contribution in [0.25, 0.3) is 0 Å². The fourth-order valence-corrected chi connectivity index (χ4v) is 3.68. The predicted molar refractivity (Wildman–Crippen MR) is 92.1 cm³/mol. The van der Waals surface area contributed by atoms with E-state index in [-0.39, 0.29) is 23.9 Å². The molecule has 5 nitrogen and oxygen atoms in total. The third-order valence-corrected chi connectivity index (χ3v) is 5.08. The number of piperidine rings is 1. The summed E-state index contributed by atoms with van der Waals surface area (Å²) in [7, 11) is 0. The Morgan fingerprint density at radius 2 is 1.61 bits per heavy atom. The highest BCUT2D eigenvalue weighted by Crippen LogP contribution is 2.22. The summed E-state index contributed by atoms with van der Waals surface area (Å²) >= 11 is 0. The summed E-state index contributed by atoms with van der Waals surface area (Å²) in [4.78, 5) is 29.3. The van der Waals surface area contributed by atoms with E-state index in [2.05, 4.69) is 15.1 Å². The topological polar surface area (TPSA) is 52.7 Å². The molecule has 2 heterocycles. The zero-order valence-corrected chi connectivity index (χ0v) is 15.0. The molecule has 2 aliphatic rings. The smallest absolute Gasteiger partial charge is 0.237 e. The molecule has 0 unspecified atom stereocenters. The zero-order chi connectivity index (χ0) is 16.8. The standard InChI is InChI=1S/C18H33N3O2/c1-14(2)19-17(22)15(3)21-12-8-9-16(13-21)18(23)20-10-6-4-5-7-11-20/h14-16H,4-13H2,1-3H3,(H,19,22)/t15-,16-/m0/s1. The Morgan fingerprint density at radius 3 is 2.22 bits per heavy atom. The molecule has 5 heteroatoms. The van der Waals surface area contributed by atoms with Gasteiger partial charge in [-0.1, -0.05) is 12.8 Å². The molecule has 2 fully saturated rings. The van der Waals surface area contributed by atoms with Crippen molar-refractivity contribution in [3.63, 3.8) is 0 Å². The first-order valence-electron chi connectivity index (χ1n) is 9.32. The molecule has 0 aliphatic carbocycles. The molecule has 2 rings (SSSR count). The normalized spacial score (nSPS) is 25.0. The second kappa shape index (κ2) is 8.67. The van der Waals surface area contributed by atoms with Crippen LogP contribution >= 0.6 is 0 Å². The van der Waals surface area contributed by atoms with Gasteiger partial charge >= 0.3 is 0 Å². The largest absolute Gasteiger partial charge is 0.353 e. The number of likely N-dealkylation sites (tertiary alicyclic amines) is 2. The minimum Gasteiger partial charge on any atom is -0.353 e. The first kappa shape index (κ1) is 18.2. The molecule has 0 aromatic carbocycles. The van der Waals surface area contributed by atoms with Crippen molar-refractivity contribution in [1.82, 2.24) is 15.1 Å². The number of hydrogen-bond donors (Lipinski definition) is 1. The van der Waals surface area contributed by atoms with E-state index < -0.39 is 0 Å². The molecule has 0 aromatic heterocycles. The summed E-state index contributed by atoms with van der Waals surface area (Å²) in [5.74, 6) is 0.451. The lowest BCUT2D eigenvalue weighted by Gasteiger charge is -2.37. The SMILES string of the molecule is CC(C)NC(=O)[C@H](C)N1CCC[C@H](C(=O)N2CCCCCC2)C1. The Bertz CT molecular complexity index is 403. The summed E-state index contributed by atoms with van der Waals surface area (Å²) < 4.78 is 0. The lowest BCUT2D eigenvalue weighted by Crippen LogP contribution is -2.52. The molecule has 0 radical (unpaired) electrons. The van der Waals surface area contributed by atoms with Gasteiger partial charge in [0.2, 0.25) is 11.8 Å². The monoisotopic (exact) mass is 323 g/mol. The minimum atomic E-state index is -0.155. The van der Waals surface area contributed by atoms with E-state index in [9.17, 15) is 9.59 Å². The van der Waals surface area contributed by atoms with Crippen molar-refractivity contribution in [2.45, 2.75) is 71.4 Å². The van der Waals surface area contributed by atoms with Gasteiger partial charge in [-0.25, -0.2) is 0 Å². The molecule has 0 aromatic rings. The lowest BCUT2D eigenvalue weighted by atomic mass is 9.95. The maximum atomic E-state index is 12.8. The second-order valence-electron chi connectivity index (χ2n) is 7.41. The van der Waals surface area contributed by atoms with Gasteiger partial charge in [0, 0.05) is 25.7 Å². The zero-order valence-electron chi connectivity index (χ0n) is 15.0. The molecule has 1 N–H and O–H groups in total. The molecular formula is C18H33N3O2. The van der Waals surface area contributed by atoms with Crippen molar-refractivity contribution < 1.29 is 9.59 Å². The van der Waals surface area contributed by atoms with E-state index in [0.717, 1.165) is 51.9 Å². The van der Waals surface area contributed by atoms with Crippen molar-refractivity contribution in [2.75, 3.05) is 26.2 Å². The van der Waals surface area contributed by atoms with Crippen molar-refractivity contribution in [3.8, 4) is 0 Å². The van der Waals surface area contributed by atoms with Gasteiger partial charge in [0.1, 0.15) is 0 Å². The molecule has 132 valence electrons. The average molecular weight is 323 g/mol. The number of rotatable bonds is 4. The van der Waals surface area contributed by atoms with Gasteiger partial charge in [0.05, 0.1) is 12.0 Å². The molecular weight excluding hydrogens is 290 g/mol. The van der Waals surface area contributed by atoms with Crippen LogP contribution in [0.5, 0.6) is 0 Å². The summed E-state index contributed by atoms with van der Waals surface area (Å²) in [6.07, 6.45) is 6.72. The number of carbonyl (C=O) groups excluding carboxylic acids is 2. The van der Waals surface area contributed by atoms with E-state index in [1.165, 1.54) is 12.8 Å². The van der Waals surface area contributed by atoms with Crippen LogP contribution in [-0.4, -0.2) is 59.9 Å². The Balaban J connectivity index is 1.91. The Morgan fingerprint density at radius 1 is 0.957 bits per heavy atom. The number of carbonyl (C=O) groups is 2. The maximum absolute atomic E-state index is 12.8. The van der Waals surface area contributed by atoms with Gasteiger partial charge in [-0.2, -0.15) is 0 Å². The lowest BCUT2D eigenvalue weighted by molar-refractivity contribution is -0.139. The molecule has 2 amide bonds. The average Bonchev–Trinajstić information content (AvgIpc) is 2.82. The molecule has 0 bridgehead atoms. The third kappa shape index (κ3) is 5.20. The van der Waals surface area contributed by atoms with Crippen LogP contribution in [0.3, 0.4) is 0 Å². The molecule has 2 saturated heterocycles. The summed E-state index contributed by atoms with van der Waals surface area (Å²) in [5, 5.41) is 2.98.